The van der Waals surface area contributed by atoms with E-state index in [1.54, 1.807) is 7.11 Å². The van der Waals surface area contributed by atoms with Crippen LogP contribution in [-0.2, 0) is 6.54 Å². The van der Waals surface area contributed by atoms with Gasteiger partial charge in [-0.2, -0.15) is 5.10 Å². The Labute approximate surface area is 185 Å². The summed E-state index contributed by atoms with van der Waals surface area (Å²) < 4.78 is 12.7. The number of carbonyl (C=O) groups excluding carboxylic acids is 1. The number of amides is 1. The van der Waals surface area contributed by atoms with Gasteiger partial charge in [0.1, 0.15) is 11.4 Å². The van der Waals surface area contributed by atoms with E-state index in [0.29, 0.717) is 28.3 Å². The number of nitrogens with one attached hydrogen (secondary N) is 1. The predicted octanol–water partition coefficient (Wildman–Crippen LogP) is 4.48. The average Bonchev–Trinajstić information content (AvgIpc) is 3.40. The van der Waals surface area contributed by atoms with Crippen LogP contribution >= 0.6 is 0 Å². The summed E-state index contributed by atoms with van der Waals surface area (Å²) in [5.74, 6) is 0.919. The van der Waals surface area contributed by atoms with Crippen molar-refractivity contribution in [2.45, 2.75) is 45.2 Å². The zero-order chi connectivity index (χ0) is 22.2. The molecule has 0 saturated heterocycles. The van der Waals surface area contributed by atoms with E-state index >= 15 is 0 Å². The van der Waals surface area contributed by atoms with Gasteiger partial charge in [-0.25, -0.2) is 4.98 Å². The molecule has 3 aromatic heterocycles. The quantitative estimate of drug-likeness (QED) is 0.463. The maximum Gasteiger partial charge on any atom is 0.259 e. The first-order valence-electron chi connectivity index (χ1n) is 10.9. The Hall–Kier alpha value is -3.68. The monoisotopic (exact) mass is 431 g/mol. The van der Waals surface area contributed by atoms with Gasteiger partial charge in [0, 0.05) is 29.9 Å². The molecule has 0 bridgehead atoms. The largest absolute Gasteiger partial charge is 0.497 e. The first kappa shape index (κ1) is 20.2. The first-order valence-corrected chi connectivity index (χ1v) is 10.9. The average molecular weight is 431 g/mol. The van der Waals surface area contributed by atoms with Gasteiger partial charge in [0.2, 0.25) is 0 Å². The van der Waals surface area contributed by atoms with Crippen LogP contribution in [0.15, 0.2) is 47.1 Å². The van der Waals surface area contributed by atoms with Crippen LogP contribution in [0.5, 0.6) is 5.75 Å². The van der Waals surface area contributed by atoms with Crippen molar-refractivity contribution in [3.05, 3.63) is 59.5 Å². The summed E-state index contributed by atoms with van der Waals surface area (Å²) in [6.07, 6.45) is 4.06. The van der Waals surface area contributed by atoms with Gasteiger partial charge in [0.25, 0.3) is 11.6 Å². The molecule has 0 aliphatic heterocycles. The Balaban J connectivity index is 1.54. The van der Waals surface area contributed by atoms with Gasteiger partial charge in [0.05, 0.1) is 29.8 Å². The minimum Gasteiger partial charge on any atom is -0.497 e. The highest BCUT2D eigenvalue weighted by molar-refractivity contribution is 6.09. The number of aryl methyl sites for hydroxylation is 1. The lowest BCUT2D eigenvalue weighted by molar-refractivity contribution is 0.0940. The van der Waals surface area contributed by atoms with Gasteiger partial charge in [-0.15, -0.1) is 0 Å². The summed E-state index contributed by atoms with van der Waals surface area (Å²) in [5.41, 5.74) is 4.01. The highest BCUT2D eigenvalue weighted by Gasteiger charge is 2.30. The summed E-state index contributed by atoms with van der Waals surface area (Å²) in [6, 6.07) is 11.1. The number of fused-ring (bicyclic) bond motifs is 1. The van der Waals surface area contributed by atoms with Crippen LogP contribution in [0.3, 0.4) is 0 Å². The van der Waals surface area contributed by atoms with Crippen molar-refractivity contribution < 1.29 is 14.1 Å². The molecule has 1 aliphatic rings. The topological polar surface area (TPSA) is 95.1 Å². The molecule has 5 rings (SSSR count). The zero-order valence-electron chi connectivity index (χ0n) is 18.3. The third-order valence-corrected chi connectivity index (χ3v) is 5.85. The van der Waals surface area contributed by atoms with Crippen molar-refractivity contribution in [2.75, 3.05) is 7.11 Å². The summed E-state index contributed by atoms with van der Waals surface area (Å²) in [4.78, 5) is 18.1. The standard InChI is InChI=1S/C24H25N5O3/c1-4-29-12-11-19(27-29)14(2)25-23(30)18-13-20(15-5-6-15)26-24-21(18)22(28-32-24)16-7-9-17(31-3)10-8-16/h7-15H,4-6H2,1-3H3,(H,25,30)/t14-/m1/s1. The highest BCUT2D eigenvalue weighted by atomic mass is 16.5. The molecule has 1 aliphatic carbocycles. The van der Waals surface area contributed by atoms with Gasteiger partial charge in [-0.05, 0) is 63.1 Å². The van der Waals surface area contributed by atoms with Crippen LogP contribution in [0.25, 0.3) is 22.4 Å². The molecule has 1 amide bonds. The van der Waals surface area contributed by atoms with Crippen molar-refractivity contribution in [2.24, 2.45) is 0 Å². The zero-order valence-corrected chi connectivity index (χ0v) is 18.3. The molecule has 0 spiro atoms. The fourth-order valence-electron chi connectivity index (χ4n) is 3.82. The molecule has 1 atom stereocenters. The number of rotatable bonds is 7. The van der Waals surface area contributed by atoms with Crippen LogP contribution in [0.4, 0.5) is 0 Å². The number of hydrogen-bond acceptors (Lipinski definition) is 6. The Bertz CT molecular complexity index is 1270. The third-order valence-electron chi connectivity index (χ3n) is 5.85. The van der Waals surface area contributed by atoms with Crippen LogP contribution in [0.2, 0.25) is 0 Å². The third kappa shape index (κ3) is 3.72. The molecule has 8 nitrogen and oxygen atoms in total. The smallest absolute Gasteiger partial charge is 0.259 e. The van der Waals surface area contributed by atoms with E-state index in [-0.39, 0.29) is 11.9 Å². The fraction of sp³-hybridized carbons (Fsp3) is 0.333. The number of hydrogen-bond donors (Lipinski definition) is 1. The van der Waals surface area contributed by atoms with Gasteiger partial charge in [-0.3, -0.25) is 9.48 Å². The van der Waals surface area contributed by atoms with Crippen LogP contribution < -0.4 is 10.1 Å². The van der Waals surface area contributed by atoms with Crippen LogP contribution in [0, 0.1) is 0 Å². The molecular formula is C24H25N5O3. The molecule has 8 heteroatoms. The van der Waals surface area contributed by atoms with Gasteiger partial charge in [-0.1, -0.05) is 5.16 Å². The molecule has 1 fully saturated rings. The number of carbonyl (C=O) groups is 1. The Morgan fingerprint density at radius 1 is 1.28 bits per heavy atom. The molecule has 3 heterocycles. The number of aromatic nitrogens is 4. The first-order chi connectivity index (χ1) is 15.6. The second-order valence-electron chi connectivity index (χ2n) is 8.10. The molecule has 4 aromatic rings. The van der Waals surface area contributed by atoms with Crippen molar-refractivity contribution >= 4 is 17.0 Å². The summed E-state index contributed by atoms with van der Waals surface area (Å²) in [5, 5.41) is 12.5. The highest BCUT2D eigenvalue weighted by Crippen LogP contribution is 2.41. The Morgan fingerprint density at radius 2 is 2.06 bits per heavy atom. The van der Waals surface area contributed by atoms with E-state index in [4.69, 9.17) is 9.26 Å². The lowest BCUT2D eigenvalue weighted by Crippen LogP contribution is -2.27. The SMILES string of the molecule is CCn1ccc([C@@H](C)NC(=O)c2cc(C3CC3)nc3onc(-c4ccc(OC)cc4)c23)n1. The number of nitrogens with zero attached hydrogens (tertiary/aromatic N) is 4. The van der Waals surface area contributed by atoms with E-state index in [1.807, 2.05) is 61.1 Å². The van der Waals surface area contributed by atoms with Crippen LogP contribution in [0.1, 0.15) is 60.4 Å². The molecule has 0 unspecified atom stereocenters. The molecule has 0 radical (unpaired) electrons. The van der Waals surface area contributed by atoms with E-state index in [2.05, 4.69) is 20.6 Å². The van der Waals surface area contributed by atoms with Crippen molar-refractivity contribution in [1.29, 1.82) is 0 Å². The summed E-state index contributed by atoms with van der Waals surface area (Å²) in [6.45, 7) is 4.74. The molecule has 32 heavy (non-hydrogen) atoms. The minimum absolute atomic E-state index is 0.198. The second-order valence-corrected chi connectivity index (χ2v) is 8.10. The Kier molecular flexibility index (Phi) is 5.13. The molecule has 1 aromatic carbocycles. The van der Waals surface area contributed by atoms with E-state index in [9.17, 15) is 4.79 Å². The number of pyridine rings is 1. The molecule has 1 N–H and O–H groups in total. The summed E-state index contributed by atoms with van der Waals surface area (Å²) >= 11 is 0. The van der Waals surface area contributed by atoms with Crippen LogP contribution in [-0.4, -0.2) is 32.9 Å². The maximum atomic E-state index is 13.4. The van der Waals surface area contributed by atoms with Gasteiger partial charge >= 0.3 is 0 Å². The second kappa shape index (κ2) is 8.11. The maximum absolute atomic E-state index is 13.4. The van der Waals surface area contributed by atoms with Gasteiger partial charge in [0.15, 0.2) is 0 Å². The normalized spacial score (nSPS) is 14.5. The molecule has 164 valence electrons. The van der Waals surface area contributed by atoms with E-state index in [1.165, 1.54) is 0 Å². The lowest BCUT2D eigenvalue weighted by atomic mass is 10.0. The lowest BCUT2D eigenvalue weighted by Gasteiger charge is -2.13. The minimum atomic E-state index is -0.243. The van der Waals surface area contributed by atoms with Gasteiger partial charge < -0.3 is 14.6 Å². The molecular weight excluding hydrogens is 406 g/mol. The summed E-state index contributed by atoms with van der Waals surface area (Å²) in [7, 11) is 1.62. The predicted molar refractivity (Wildman–Crippen MR) is 120 cm³/mol. The van der Waals surface area contributed by atoms with Crippen molar-refractivity contribution in [3.63, 3.8) is 0 Å². The van der Waals surface area contributed by atoms with E-state index < -0.39 is 0 Å². The van der Waals surface area contributed by atoms with Crippen molar-refractivity contribution in [3.8, 4) is 17.0 Å². The Morgan fingerprint density at radius 3 is 2.72 bits per heavy atom. The fourth-order valence-corrected chi connectivity index (χ4v) is 3.82. The molecule has 1 saturated carbocycles. The number of ether oxygens (including phenoxy) is 1. The van der Waals surface area contributed by atoms with Crippen molar-refractivity contribution in [1.82, 2.24) is 25.2 Å². The van der Waals surface area contributed by atoms with E-state index in [0.717, 1.165) is 42.1 Å². The number of methoxy groups -OCH3 is 1. The number of benzene rings is 1.